The predicted molar refractivity (Wildman–Crippen MR) is 145 cm³/mol. The van der Waals surface area contributed by atoms with Crippen molar-refractivity contribution in [2.24, 2.45) is 11.8 Å². The largest absolute Gasteiger partial charge is 0.417 e. The van der Waals surface area contributed by atoms with Crippen molar-refractivity contribution in [1.29, 1.82) is 0 Å². The molecule has 0 spiro atoms. The van der Waals surface area contributed by atoms with Crippen LogP contribution in [-0.2, 0) is 6.18 Å². The summed E-state index contributed by atoms with van der Waals surface area (Å²) in [5, 5.41) is 0. The Morgan fingerprint density at radius 2 is 1.44 bits per heavy atom. The summed E-state index contributed by atoms with van der Waals surface area (Å²) in [6, 6.07) is 22.5. The Hall–Kier alpha value is -2.55. The summed E-state index contributed by atoms with van der Waals surface area (Å²) in [4.78, 5) is 0. The fourth-order valence-corrected chi connectivity index (χ4v) is 6.32. The lowest BCUT2D eigenvalue weighted by molar-refractivity contribution is -0.137. The third kappa shape index (κ3) is 6.22. The number of hydrogen-bond donors (Lipinski definition) is 0. The molecule has 4 rings (SSSR count). The fourth-order valence-electron chi connectivity index (χ4n) is 6.32. The molecule has 0 N–H and O–H groups in total. The van der Waals surface area contributed by atoms with Crippen LogP contribution in [0, 0.1) is 11.8 Å². The molecule has 0 aromatic heterocycles. The number of alkyl halides is 3. The third-order valence-electron chi connectivity index (χ3n) is 8.18. The monoisotopic (exact) mass is 492 g/mol. The van der Waals surface area contributed by atoms with Crippen molar-refractivity contribution < 1.29 is 13.2 Å². The number of halogens is 3. The molecule has 0 aliphatic heterocycles. The molecule has 0 radical (unpaired) electrons. The van der Waals surface area contributed by atoms with E-state index in [2.05, 4.69) is 13.8 Å². The van der Waals surface area contributed by atoms with Gasteiger partial charge >= 0.3 is 6.18 Å². The van der Waals surface area contributed by atoms with Gasteiger partial charge in [-0.2, -0.15) is 13.2 Å². The molecule has 1 aliphatic carbocycles. The van der Waals surface area contributed by atoms with Gasteiger partial charge in [0.05, 0.1) is 5.56 Å². The van der Waals surface area contributed by atoms with E-state index >= 15 is 0 Å². The molecule has 0 amide bonds. The van der Waals surface area contributed by atoms with Gasteiger partial charge in [-0.1, -0.05) is 126 Å². The quantitative estimate of drug-likeness (QED) is 0.261. The van der Waals surface area contributed by atoms with Crippen molar-refractivity contribution in [3.8, 4) is 22.3 Å². The predicted octanol–water partition coefficient (Wildman–Crippen LogP) is 10.9. The first kappa shape index (κ1) is 26.5. The highest BCUT2D eigenvalue weighted by Gasteiger charge is 2.36. The van der Waals surface area contributed by atoms with E-state index in [0.29, 0.717) is 17.4 Å². The molecular weight excluding hydrogens is 453 g/mol. The van der Waals surface area contributed by atoms with E-state index in [4.69, 9.17) is 0 Å². The van der Waals surface area contributed by atoms with Gasteiger partial charge < -0.3 is 0 Å². The van der Waals surface area contributed by atoms with E-state index in [1.165, 1.54) is 51.0 Å². The summed E-state index contributed by atoms with van der Waals surface area (Å²) in [5.41, 5.74) is 3.29. The van der Waals surface area contributed by atoms with Crippen LogP contribution < -0.4 is 0 Å². The Labute approximate surface area is 215 Å². The van der Waals surface area contributed by atoms with E-state index in [9.17, 15) is 13.2 Å². The van der Waals surface area contributed by atoms with Gasteiger partial charge in [-0.25, -0.2) is 0 Å². The summed E-state index contributed by atoms with van der Waals surface area (Å²) < 4.78 is 43.1. The molecule has 1 fully saturated rings. The minimum absolute atomic E-state index is 0.188. The van der Waals surface area contributed by atoms with Crippen LogP contribution in [0.25, 0.3) is 22.3 Å². The topological polar surface area (TPSA) is 0 Å². The van der Waals surface area contributed by atoms with Crippen molar-refractivity contribution >= 4 is 0 Å². The van der Waals surface area contributed by atoms with Crippen LogP contribution in [0.15, 0.2) is 72.8 Å². The molecule has 0 saturated heterocycles. The third-order valence-corrected chi connectivity index (χ3v) is 8.18. The summed E-state index contributed by atoms with van der Waals surface area (Å²) in [6.45, 7) is 4.37. The molecule has 1 saturated carbocycles. The van der Waals surface area contributed by atoms with E-state index in [1.54, 1.807) is 6.07 Å². The van der Waals surface area contributed by atoms with Crippen molar-refractivity contribution in [3.63, 3.8) is 0 Å². The SMILES string of the molecule is CCCCCC1CCCCC1C(CC)c1ccc(-c2ccc(-c3ccccc3)cc2)c(C(F)(F)F)c1. The molecule has 3 heteroatoms. The summed E-state index contributed by atoms with van der Waals surface area (Å²) in [7, 11) is 0. The highest BCUT2D eigenvalue weighted by atomic mass is 19.4. The lowest BCUT2D eigenvalue weighted by Crippen LogP contribution is -2.26. The van der Waals surface area contributed by atoms with Gasteiger partial charge in [0.25, 0.3) is 0 Å². The number of benzene rings is 3. The molecular formula is C33H39F3. The average Bonchev–Trinajstić information content (AvgIpc) is 2.90. The molecule has 3 unspecified atom stereocenters. The Balaban J connectivity index is 1.65. The van der Waals surface area contributed by atoms with Gasteiger partial charge in [-0.05, 0) is 64.5 Å². The Morgan fingerprint density at radius 1 is 0.778 bits per heavy atom. The maximum atomic E-state index is 14.4. The van der Waals surface area contributed by atoms with Gasteiger partial charge in [-0.15, -0.1) is 0 Å². The maximum Gasteiger partial charge on any atom is 0.417 e. The van der Waals surface area contributed by atoms with Crippen molar-refractivity contribution in [2.75, 3.05) is 0 Å². The molecule has 0 nitrogen and oxygen atoms in total. The summed E-state index contributed by atoms with van der Waals surface area (Å²) in [6.07, 6.45) is 6.22. The standard InChI is InChI=1S/C33H39F3/c1-3-5-7-14-26-15-10-11-16-30(26)29(4-2)28-21-22-31(32(23-28)33(34,35)36)27-19-17-25(18-20-27)24-12-8-6-9-13-24/h6,8-9,12-13,17-23,26,29-30H,3-5,7,10-11,14-16H2,1-2H3. The van der Waals surface area contributed by atoms with E-state index in [1.807, 2.05) is 60.7 Å². The molecule has 3 atom stereocenters. The van der Waals surface area contributed by atoms with Crippen molar-refractivity contribution in [1.82, 2.24) is 0 Å². The van der Waals surface area contributed by atoms with Crippen LogP contribution in [0.4, 0.5) is 13.2 Å². The number of hydrogen-bond acceptors (Lipinski definition) is 0. The normalized spacial score (nSPS) is 19.2. The Morgan fingerprint density at radius 3 is 2.11 bits per heavy atom. The van der Waals surface area contributed by atoms with Crippen molar-refractivity contribution in [2.45, 2.75) is 83.7 Å². The summed E-state index contributed by atoms with van der Waals surface area (Å²) in [5.74, 6) is 1.31. The smallest absolute Gasteiger partial charge is 0.166 e. The van der Waals surface area contributed by atoms with Gasteiger partial charge in [0.15, 0.2) is 0 Å². The molecule has 36 heavy (non-hydrogen) atoms. The van der Waals surface area contributed by atoms with Gasteiger partial charge in [-0.3, -0.25) is 0 Å². The average molecular weight is 493 g/mol. The van der Waals surface area contributed by atoms with Crippen LogP contribution in [0.2, 0.25) is 0 Å². The van der Waals surface area contributed by atoms with Crippen molar-refractivity contribution in [3.05, 3.63) is 83.9 Å². The zero-order chi connectivity index (χ0) is 25.5. The number of unbranched alkanes of at least 4 members (excludes halogenated alkanes) is 2. The zero-order valence-corrected chi connectivity index (χ0v) is 21.7. The molecule has 3 aromatic rings. The molecule has 3 aromatic carbocycles. The van der Waals surface area contributed by atoms with Crippen LogP contribution >= 0.6 is 0 Å². The summed E-state index contributed by atoms with van der Waals surface area (Å²) >= 11 is 0. The van der Waals surface area contributed by atoms with Gasteiger partial charge in [0.1, 0.15) is 0 Å². The molecule has 0 heterocycles. The van der Waals surface area contributed by atoms with E-state index in [-0.39, 0.29) is 11.5 Å². The van der Waals surface area contributed by atoms with Crippen LogP contribution in [0.3, 0.4) is 0 Å². The van der Waals surface area contributed by atoms with E-state index in [0.717, 1.165) is 29.5 Å². The zero-order valence-electron chi connectivity index (χ0n) is 21.7. The minimum Gasteiger partial charge on any atom is -0.166 e. The highest BCUT2D eigenvalue weighted by Crippen LogP contribution is 2.46. The second-order valence-electron chi connectivity index (χ2n) is 10.5. The van der Waals surface area contributed by atoms with Crippen LogP contribution in [0.5, 0.6) is 0 Å². The Bertz CT molecular complexity index is 1080. The second-order valence-corrected chi connectivity index (χ2v) is 10.5. The first-order chi connectivity index (χ1) is 17.4. The second kappa shape index (κ2) is 12.1. The fraction of sp³-hybridized carbons (Fsp3) is 0.455. The van der Waals surface area contributed by atoms with Crippen LogP contribution in [0.1, 0.15) is 88.7 Å². The lowest BCUT2D eigenvalue weighted by Gasteiger charge is -2.38. The maximum absolute atomic E-state index is 14.4. The number of rotatable bonds is 9. The molecule has 192 valence electrons. The van der Waals surface area contributed by atoms with Crippen LogP contribution in [-0.4, -0.2) is 0 Å². The minimum atomic E-state index is -4.39. The van der Waals surface area contributed by atoms with Gasteiger partial charge in [0.2, 0.25) is 0 Å². The lowest BCUT2D eigenvalue weighted by atomic mass is 9.67. The first-order valence-electron chi connectivity index (χ1n) is 13.8. The molecule has 1 aliphatic rings. The highest BCUT2D eigenvalue weighted by molar-refractivity contribution is 5.73. The van der Waals surface area contributed by atoms with Gasteiger partial charge in [0, 0.05) is 0 Å². The van der Waals surface area contributed by atoms with E-state index < -0.39 is 11.7 Å². The molecule has 0 bridgehead atoms. The Kier molecular flexibility index (Phi) is 8.93. The first-order valence-corrected chi connectivity index (χ1v) is 13.8.